The van der Waals surface area contributed by atoms with Crippen LogP contribution in [0, 0.1) is 3.57 Å². The largest absolute Gasteiger partial charge is 0.332 e. The van der Waals surface area contributed by atoms with Crippen molar-refractivity contribution in [1.82, 2.24) is 15.0 Å². The van der Waals surface area contributed by atoms with Gasteiger partial charge < -0.3 is 5.32 Å². The standard InChI is InChI=1S/C16H18N4O2S3.C9H7IN2O2S2/c1-16(2,3)13-10-24-15(19-13)18-11-4-6-12(7-5-11)25(21,22)20-14-17-8-9-23-14;10-7-1-3-8(4-2-7)16(13,14)12-9-11-5-6-15-9/h4-10H,1-3H3,(H,17,20)(H,18,19);1-6H,(H,11,12). The van der Waals surface area contributed by atoms with Gasteiger partial charge in [-0.1, -0.05) is 20.8 Å². The SMILES string of the molecule is CC(C)(C)c1csc(Nc2ccc(S(=O)(=O)Nc3nccs3)cc2)n1.O=S(=O)(Nc1nccs1)c1ccc(I)cc1. The van der Waals surface area contributed by atoms with Crippen molar-refractivity contribution < 1.29 is 16.8 Å². The Morgan fingerprint density at radius 2 is 1.20 bits per heavy atom. The van der Waals surface area contributed by atoms with Gasteiger partial charge in [0.05, 0.1) is 15.5 Å². The molecule has 0 atom stereocenters. The molecule has 0 saturated carbocycles. The van der Waals surface area contributed by atoms with Crippen LogP contribution in [-0.2, 0) is 25.5 Å². The van der Waals surface area contributed by atoms with Gasteiger partial charge in [-0.25, -0.2) is 31.8 Å². The Hall–Kier alpha value is -2.64. The van der Waals surface area contributed by atoms with Gasteiger partial charge in [0.15, 0.2) is 15.4 Å². The van der Waals surface area contributed by atoms with Crippen LogP contribution in [0.2, 0.25) is 0 Å². The van der Waals surface area contributed by atoms with Gasteiger partial charge in [0.2, 0.25) is 0 Å². The van der Waals surface area contributed by atoms with Gasteiger partial charge >= 0.3 is 0 Å². The third-order valence-corrected chi connectivity index (χ3v) is 10.9. The molecule has 16 heteroatoms. The summed E-state index contributed by atoms with van der Waals surface area (Å²) < 4.78 is 54.2. The normalized spacial score (nSPS) is 11.8. The quantitative estimate of drug-likeness (QED) is 0.144. The molecule has 0 radical (unpaired) electrons. The summed E-state index contributed by atoms with van der Waals surface area (Å²) >= 11 is 6.12. The minimum atomic E-state index is -3.63. The first-order valence-corrected chi connectivity index (χ1v) is 18.4. The summed E-state index contributed by atoms with van der Waals surface area (Å²) in [4.78, 5) is 12.8. The zero-order valence-electron chi connectivity index (χ0n) is 21.9. The van der Waals surface area contributed by atoms with Crippen molar-refractivity contribution in [1.29, 1.82) is 0 Å². The first kappa shape index (κ1) is 31.3. The third kappa shape index (κ3) is 8.92. The first-order valence-electron chi connectivity index (χ1n) is 11.8. The first-order chi connectivity index (χ1) is 19.3. The third-order valence-electron chi connectivity index (χ3n) is 5.12. The molecular formula is C25H25IN6O4S5. The highest BCUT2D eigenvalue weighted by atomic mass is 127. The topological polar surface area (TPSA) is 143 Å². The molecule has 0 spiro atoms. The van der Waals surface area contributed by atoms with Crippen molar-refractivity contribution in [2.75, 3.05) is 14.8 Å². The van der Waals surface area contributed by atoms with Gasteiger partial charge in [-0.3, -0.25) is 9.44 Å². The van der Waals surface area contributed by atoms with Crippen molar-refractivity contribution in [2.45, 2.75) is 36.0 Å². The predicted octanol–water partition coefficient (Wildman–Crippen LogP) is 6.99. The maximum absolute atomic E-state index is 12.3. The number of hydrogen-bond acceptors (Lipinski definition) is 11. The van der Waals surface area contributed by atoms with Crippen LogP contribution in [0.3, 0.4) is 0 Å². The highest BCUT2D eigenvalue weighted by Crippen LogP contribution is 2.29. The van der Waals surface area contributed by atoms with Gasteiger partial charge in [-0.15, -0.1) is 34.0 Å². The average molecular weight is 761 g/mol. The van der Waals surface area contributed by atoms with Crippen molar-refractivity contribution in [3.63, 3.8) is 0 Å². The van der Waals surface area contributed by atoms with E-state index in [0.717, 1.165) is 20.1 Å². The lowest BCUT2D eigenvalue weighted by Crippen LogP contribution is -2.12. The van der Waals surface area contributed by atoms with E-state index in [-0.39, 0.29) is 15.2 Å². The van der Waals surface area contributed by atoms with Crippen LogP contribution in [0.4, 0.5) is 21.1 Å². The molecule has 3 aromatic heterocycles. The zero-order valence-corrected chi connectivity index (χ0v) is 28.1. The van der Waals surface area contributed by atoms with E-state index >= 15 is 0 Å². The fourth-order valence-corrected chi connectivity index (χ4v) is 7.92. The highest BCUT2D eigenvalue weighted by Gasteiger charge is 2.18. The molecule has 5 aromatic rings. The number of anilines is 4. The number of benzene rings is 2. The molecule has 0 aliphatic heterocycles. The highest BCUT2D eigenvalue weighted by molar-refractivity contribution is 14.1. The molecule has 3 N–H and O–H groups in total. The van der Waals surface area contributed by atoms with Gasteiger partial charge in [-0.2, -0.15) is 0 Å². The van der Waals surface area contributed by atoms with E-state index in [9.17, 15) is 16.8 Å². The Morgan fingerprint density at radius 1 is 0.707 bits per heavy atom. The average Bonchev–Trinajstić information content (AvgIpc) is 3.68. The molecule has 3 heterocycles. The Balaban J connectivity index is 0.000000208. The fraction of sp³-hybridized carbons (Fsp3) is 0.160. The van der Waals surface area contributed by atoms with Crippen molar-refractivity contribution in [3.05, 3.63) is 86.3 Å². The maximum atomic E-state index is 12.3. The van der Waals surface area contributed by atoms with Crippen LogP contribution in [0.25, 0.3) is 0 Å². The molecule has 5 rings (SSSR count). The summed E-state index contributed by atoms with van der Waals surface area (Å²) in [5.41, 5.74) is 1.80. The number of thiazole rings is 3. The van der Waals surface area contributed by atoms with Crippen LogP contribution in [-0.4, -0.2) is 31.8 Å². The number of sulfonamides is 2. The van der Waals surface area contributed by atoms with E-state index in [1.54, 1.807) is 71.7 Å². The molecule has 0 saturated heterocycles. The van der Waals surface area contributed by atoms with E-state index in [2.05, 4.69) is 73.1 Å². The van der Waals surface area contributed by atoms with Crippen LogP contribution >= 0.6 is 56.6 Å². The fourth-order valence-electron chi connectivity index (χ4n) is 3.03. The Morgan fingerprint density at radius 3 is 1.61 bits per heavy atom. The number of halogens is 1. The van der Waals surface area contributed by atoms with Gasteiger partial charge in [0, 0.05) is 43.2 Å². The van der Waals surface area contributed by atoms with Crippen LogP contribution in [0.15, 0.2) is 86.9 Å². The van der Waals surface area contributed by atoms with Gasteiger partial charge in [0.25, 0.3) is 20.0 Å². The minimum Gasteiger partial charge on any atom is -0.332 e. The Bertz CT molecular complexity index is 1770. The molecule has 0 fully saturated rings. The monoisotopic (exact) mass is 760 g/mol. The van der Waals surface area contributed by atoms with Crippen LogP contribution in [0.1, 0.15) is 26.5 Å². The lowest BCUT2D eigenvalue weighted by atomic mass is 9.93. The smallest absolute Gasteiger partial charge is 0.263 e. The summed E-state index contributed by atoms with van der Waals surface area (Å²) in [7, 11) is -7.14. The molecule has 10 nitrogen and oxygen atoms in total. The second kappa shape index (κ2) is 13.1. The number of hydrogen-bond donors (Lipinski definition) is 3. The van der Waals surface area contributed by atoms with E-state index in [0.29, 0.717) is 10.3 Å². The zero-order chi connectivity index (χ0) is 29.7. The van der Waals surface area contributed by atoms with Crippen LogP contribution < -0.4 is 14.8 Å². The second-order valence-electron chi connectivity index (χ2n) is 9.28. The number of nitrogens with zero attached hydrogens (tertiary/aromatic N) is 3. The Kier molecular flexibility index (Phi) is 10.0. The lowest BCUT2D eigenvalue weighted by Gasteiger charge is -2.14. The summed E-state index contributed by atoms with van der Waals surface area (Å²) in [6, 6.07) is 13.2. The second-order valence-corrected chi connectivity index (χ2v) is 16.5. The molecule has 2 aromatic carbocycles. The van der Waals surface area contributed by atoms with E-state index in [1.165, 1.54) is 34.0 Å². The van der Waals surface area contributed by atoms with Gasteiger partial charge in [-0.05, 0) is 71.1 Å². The molecule has 0 bridgehead atoms. The summed E-state index contributed by atoms with van der Waals surface area (Å²) in [5.74, 6) is 0. The number of rotatable bonds is 8. The minimum absolute atomic E-state index is 0.00410. The maximum Gasteiger partial charge on any atom is 0.263 e. The van der Waals surface area contributed by atoms with E-state index in [4.69, 9.17) is 0 Å². The van der Waals surface area contributed by atoms with E-state index in [1.807, 2.05) is 5.38 Å². The number of aromatic nitrogens is 3. The molecule has 216 valence electrons. The molecular weight excluding hydrogens is 736 g/mol. The summed E-state index contributed by atoms with van der Waals surface area (Å²) in [5, 5.41) is 10.2. The van der Waals surface area contributed by atoms with Crippen LogP contribution in [0.5, 0.6) is 0 Å². The Labute approximate surface area is 264 Å². The molecule has 0 aliphatic rings. The molecule has 0 amide bonds. The molecule has 0 aliphatic carbocycles. The van der Waals surface area contributed by atoms with E-state index < -0.39 is 20.0 Å². The van der Waals surface area contributed by atoms with Crippen molar-refractivity contribution >= 4 is 97.7 Å². The molecule has 0 unspecified atom stereocenters. The summed E-state index contributed by atoms with van der Waals surface area (Å²) in [6.45, 7) is 6.34. The summed E-state index contributed by atoms with van der Waals surface area (Å²) in [6.07, 6.45) is 3.10. The predicted molar refractivity (Wildman–Crippen MR) is 176 cm³/mol. The van der Waals surface area contributed by atoms with Crippen molar-refractivity contribution in [2.24, 2.45) is 0 Å². The lowest BCUT2D eigenvalue weighted by molar-refractivity contribution is 0.573. The molecule has 41 heavy (non-hydrogen) atoms. The van der Waals surface area contributed by atoms with Gasteiger partial charge in [0.1, 0.15) is 0 Å². The van der Waals surface area contributed by atoms with Crippen molar-refractivity contribution in [3.8, 4) is 0 Å². The number of nitrogens with one attached hydrogen (secondary N) is 3.